The molecular weight excluding hydrogens is 246 g/mol. The monoisotopic (exact) mass is 263 g/mol. The molecule has 102 valence electrons. The molecule has 0 radical (unpaired) electrons. The largest absolute Gasteiger partial charge is 0.466 e. The van der Waals surface area contributed by atoms with E-state index in [1.807, 2.05) is 30.3 Å². The van der Waals surface area contributed by atoms with E-state index in [9.17, 15) is 9.59 Å². The average Bonchev–Trinajstić information content (AvgIpc) is 2.38. The number of carbonyl (C=O) groups is 2. The molecule has 0 spiro atoms. The van der Waals surface area contributed by atoms with Gasteiger partial charge in [0.15, 0.2) is 0 Å². The van der Waals surface area contributed by atoms with Gasteiger partial charge in [0, 0.05) is 0 Å². The van der Waals surface area contributed by atoms with Crippen molar-refractivity contribution in [1.29, 1.82) is 0 Å². The number of ether oxygens (including phenoxy) is 1. The smallest absolute Gasteiger partial charge is 0.313 e. The fourth-order valence-electron chi connectivity index (χ4n) is 1.35. The maximum atomic E-state index is 11.5. The van der Waals surface area contributed by atoms with Crippen LogP contribution in [0.3, 0.4) is 0 Å². The van der Waals surface area contributed by atoms with Crippen LogP contribution in [0, 0.1) is 0 Å². The zero-order chi connectivity index (χ0) is 14.1. The maximum absolute atomic E-state index is 11.5. The summed E-state index contributed by atoms with van der Waals surface area (Å²) in [5, 5.41) is 3.64. The van der Waals surface area contributed by atoms with Crippen LogP contribution in [0.1, 0.15) is 18.9 Å². The molecule has 1 rings (SSSR count). The van der Waals surface area contributed by atoms with Gasteiger partial charge in [-0.3, -0.25) is 9.59 Å². The number of carbonyl (C=O) groups excluding carboxylic acids is 2. The molecule has 0 fully saturated rings. The van der Waals surface area contributed by atoms with E-state index in [2.05, 4.69) is 10.5 Å². The second-order valence-electron chi connectivity index (χ2n) is 3.78. The lowest BCUT2D eigenvalue weighted by Crippen LogP contribution is -2.26. The van der Waals surface area contributed by atoms with Crippen molar-refractivity contribution in [1.82, 2.24) is 5.43 Å². The topological polar surface area (TPSA) is 93.8 Å². The lowest BCUT2D eigenvalue weighted by Gasteiger charge is -2.03. The first kappa shape index (κ1) is 14.7. The minimum atomic E-state index is -0.471. The molecule has 0 saturated carbocycles. The molecule has 19 heavy (non-hydrogen) atoms. The van der Waals surface area contributed by atoms with Gasteiger partial charge < -0.3 is 10.5 Å². The van der Waals surface area contributed by atoms with E-state index in [0.717, 1.165) is 5.56 Å². The van der Waals surface area contributed by atoms with Crippen LogP contribution >= 0.6 is 0 Å². The molecule has 0 aromatic heterocycles. The van der Waals surface area contributed by atoms with Gasteiger partial charge in [0.25, 0.3) is 0 Å². The minimum Gasteiger partial charge on any atom is -0.466 e. The molecule has 0 aliphatic rings. The van der Waals surface area contributed by atoms with E-state index in [-0.39, 0.29) is 31.2 Å². The number of hydrazone groups is 1. The second kappa shape index (κ2) is 7.86. The summed E-state index contributed by atoms with van der Waals surface area (Å²) in [7, 11) is 0. The van der Waals surface area contributed by atoms with Crippen molar-refractivity contribution in [2.24, 2.45) is 10.8 Å². The third-order valence-electron chi connectivity index (χ3n) is 2.16. The summed E-state index contributed by atoms with van der Waals surface area (Å²) in [4.78, 5) is 22.6. The van der Waals surface area contributed by atoms with Gasteiger partial charge >= 0.3 is 5.97 Å². The van der Waals surface area contributed by atoms with Crippen LogP contribution in [-0.2, 0) is 20.7 Å². The van der Waals surface area contributed by atoms with E-state index in [1.165, 1.54) is 0 Å². The quantitative estimate of drug-likeness (QED) is 0.339. The molecule has 1 amide bonds. The SMILES string of the molecule is CCOC(=O)C/C(N)=N/NC(=O)Cc1ccccc1. The molecule has 0 heterocycles. The second-order valence-corrected chi connectivity index (χ2v) is 3.78. The normalized spacial score (nSPS) is 10.9. The van der Waals surface area contributed by atoms with Crippen LogP contribution < -0.4 is 11.2 Å². The van der Waals surface area contributed by atoms with Crippen molar-refractivity contribution >= 4 is 17.7 Å². The predicted octanol–water partition coefficient (Wildman–Crippen LogP) is 0.571. The summed E-state index contributed by atoms with van der Waals surface area (Å²) in [6.07, 6.45) is 0.0660. The summed E-state index contributed by atoms with van der Waals surface area (Å²) >= 11 is 0. The number of hydrogen-bond acceptors (Lipinski definition) is 4. The Morgan fingerprint density at radius 1 is 1.32 bits per heavy atom. The molecular formula is C13H17N3O3. The van der Waals surface area contributed by atoms with Gasteiger partial charge in [0.2, 0.25) is 5.91 Å². The highest BCUT2D eigenvalue weighted by Crippen LogP contribution is 1.99. The van der Waals surface area contributed by atoms with E-state index < -0.39 is 5.97 Å². The maximum Gasteiger partial charge on any atom is 0.313 e. The Bertz CT molecular complexity index is 457. The number of hydrogen-bond donors (Lipinski definition) is 2. The Morgan fingerprint density at radius 3 is 2.63 bits per heavy atom. The van der Waals surface area contributed by atoms with Gasteiger partial charge in [-0.25, -0.2) is 5.43 Å². The number of benzene rings is 1. The molecule has 0 atom stereocenters. The van der Waals surface area contributed by atoms with Crippen molar-refractivity contribution in [2.75, 3.05) is 6.61 Å². The first-order valence-corrected chi connectivity index (χ1v) is 5.92. The van der Waals surface area contributed by atoms with E-state index in [4.69, 9.17) is 10.5 Å². The third-order valence-corrected chi connectivity index (χ3v) is 2.16. The molecule has 6 nitrogen and oxygen atoms in total. The van der Waals surface area contributed by atoms with Gasteiger partial charge in [-0.2, -0.15) is 5.10 Å². The van der Waals surface area contributed by atoms with Gasteiger partial charge in [-0.05, 0) is 12.5 Å². The van der Waals surface area contributed by atoms with Gasteiger partial charge in [-0.1, -0.05) is 30.3 Å². The molecule has 6 heteroatoms. The number of amidine groups is 1. The molecule has 0 aliphatic heterocycles. The fourth-order valence-corrected chi connectivity index (χ4v) is 1.35. The number of nitrogens with two attached hydrogens (primary N) is 1. The Hall–Kier alpha value is -2.37. The van der Waals surface area contributed by atoms with Crippen molar-refractivity contribution in [3.63, 3.8) is 0 Å². The summed E-state index contributed by atoms with van der Waals surface area (Å²) in [6.45, 7) is 1.99. The molecule has 0 bridgehead atoms. The van der Waals surface area contributed by atoms with Crippen molar-refractivity contribution < 1.29 is 14.3 Å². The first-order valence-electron chi connectivity index (χ1n) is 5.92. The van der Waals surface area contributed by atoms with E-state index >= 15 is 0 Å². The van der Waals surface area contributed by atoms with Gasteiger partial charge in [-0.15, -0.1) is 0 Å². The molecule has 1 aromatic carbocycles. The van der Waals surface area contributed by atoms with Gasteiger partial charge in [0.05, 0.1) is 13.0 Å². The summed E-state index contributed by atoms with van der Waals surface area (Å²) < 4.78 is 4.70. The molecule has 0 saturated heterocycles. The number of nitrogens with zero attached hydrogens (tertiary/aromatic N) is 1. The lowest BCUT2D eigenvalue weighted by molar-refractivity contribution is -0.141. The Labute approximate surface area is 111 Å². The number of nitrogens with one attached hydrogen (secondary N) is 1. The van der Waals surface area contributed by atoms with Crippen LogP contribution in [0.15, 0.2) is 35.4 Å². The summed E-state index contributed by atoms with van der Waals surface area (Å²) in [5.41, 5.74) is 8.65. The van der Waals surface area contributed by atoms with Crippen molar-refractivity contribution in [2.45, 2.75) is 19.8 Å². The zero-order valence-corrected chi connectivity index (χ0v) is 10.8. The Balaban J connectivity index is 2.38. The third kappa shape index (κ3) is 6.21. The predicted molar refractivity (Wildman–Crippen MR) is 71.2 cm³/mol. The van der Waals surface area contributed by atoms with Crippen molar-refractivity contribution in [3.05, 3.63) is 35.9 Å². The summed E-state index contributed by atoms with van der Waals surface area (Å²) in [5.74, 6) is -0.751. The van der Waals surface area contributed by atoms with Crippen LogP contribution in [-0.4, -0.2) is 24.3 Å². The molecule has 1 aromatic rings. The lowest BCUT2D eigenvalue weighted by atomic mass is 10.1. The van der Waals surface area contributed by atoms with E-state index in [0.29, 0.717) is 0 Å². The highest BCUT2D eigenvalue weighted by atomic mass is 16.5. The number of rotatable bonds is 6. The van der Waals surface area contributed by atoms with Crippen LogP contribution in [0.5, 0.6) is 0 Å². The standard InChI is InChI=1S/C13H17N3O3/c1-2-19-13(18)9-11(14)15-16-12(17)8-10-6-4-3-5-7-10/h3-7H,2,8-9H2,1H3,(H2,14,15)(H,16,17). The van der Waals surface area contributed by atoms with Crippen LogP contribution in [0.4, 0.5) is 0 Å². The van der Waals surface area contributed by atoms with Gasteiger partial charge in [0.1, 0.15) is 12.3 Å². The van der Waals surface area contributed by atoms with Crippen molar-refractivity contribution in [3.8, 4) is 0 Å². The highest BCUT2D eigenvalue weighted by Gasteiger charge is 2.06. The average molecular weight is 263 g/mol. The first-order chi connectivity index (χ1) is 9.11. The summed E-state index contributed by atoms with van der Waals surface area (Å²) in [6, 6.07) is 9.25. The van der Waals surface area contributed by atoms with Crippen LogP contribution in [0.2, 0.25) is 0 Å². The molecule has 0 unspecified atom stereocenters. The highest BCUT2D eigenvalue weighted by molar-refractivity contribution is 5.97. The number of amides is 1. The fraction of sp³-hybridized carbons (Fsp3) is 0.308. The molecule has 3 N–H and O–H groups in total. The minimum absolute atomic E-state index is 0.0138. The number of esters is 1. The zero-order valence-electron chi connectivity index (χ0n) is 10.8. The van der Waals surface area contributed by atoms with Crippen LogP contribution in [0.25, 0.3) is 0 Å². The van der Waals surface area contributed by atoms with E-state index in [1.54, 1.807) is 6.92 Å². The Kier molecular flexibility index (Phi) is 6.08. The molecule has 0 aliphatic carbocycles. The Morgan fingerprint density at radius 2 is 2.00 bits per heavy atom.